The summed E-state index contributed by atoms with van der Waals surface area (Å²) in [6, 6.07) is 15.8. The van der Waals surface area contributed by atoms with Crippen LogP contribution >= 0.6 is 0 Å². The van der Waals surface area contributed by atoms with Crippen LogP contribution < -0.4 is 0 Å². The van der Waals surface area contributed by atoms with E-state index in [0.717, 1.165) is 41.1 Å². The molecule has 0 aliphatic carbocycles. The topological polar surface area (TPSA) is 63.4 Å². The van der Waals surface area contributed by atoms with Crippen LogP contribution in [0.5, 0.6) is 0 Å². The van der Waals surface area contributed by atoms with E-state index in [9.17, 15) is 9.18 Å². The van der Waals surface area contributed by atoms with Gasteiger partial charge in [0, 0.05) is 36.5 Å². The standard InChI is InChI=1S/C24H22FN5O/c1-16-5-2-9-21(26-16)24(31)29-12-4-7-19(14-29)23-27-22-11-10-18(15-30(22)28-23)17-6-3-8-20(25)13-17/h2-3,5-6,8-11,13,15,19H,4,7,12,14H2,1H3/t19-/m1/s1. The second kappa shape index (κ2) is 7.91. The average molecular weight is 415 g/mol. The fourth-order valence-electron chi connectivity index (χ4n) is 4.11. The van der Waals surface area contributed by atoms with Crippen LogP contribution in [-0.2, 0) is 0 Å². The van der Waals surface area contributed by atoms with Gasteiger partial charge in [0.15, 0.2) is 11.5 Å². The molecule has 0 spiro atoms. The number of benzene rings is 1. The molecule has 0 unspecified atom stereocenters. The Morgan fingerprint density at radius 3 is 2.77 bits per heavy atom. The van der Waals surface area contributed by atoms with E-state index in [0.29, 0.717) is 18.8 Å². The van der Waals surface area contributed by atoms with Crippen molar-refractivity contribution in [2.24, 2.45) is 0 Å². The highest BCUT2D eigenvalue weighted by Crippen LogP contribution is 2.27. The molecule has 6 nitrogen and oxygen atoms in total. The van der Waals surface area contributed by atoms with E-state index in [1.165, 1.54) is 12.1 Å². The van der Waals surface area contributed by atoms with E-state index in [1.54, 1.807) is 16.6 Å². The van der Waals surface area contributed by atoms with Crippen molar-refractivity contribution in [3.8, 4) is 11.1 Å². The molecule has 0 radical (unpaired) electrons. The minimum absolute atomic E-state index is 0.0504. The van der Waals surface area contributed by atoms with E-state index in [-0.39, 0.29) is 17.6 Å². The lowest BCUT2D eigenvalue weighted by Crippen LogP contribution is -2.39. The number of halogens is 1. The van der Waals surface area contributed by atoms with Gasteiger partial charge in [-0.2, -0.15) is 5.10 Å². The first-order chi connectivity index (χ1) is 15.1. The van der Waals surface area contributed by atoms with Gasteiger partial charge in [-0.25, -0.2) is 18.9 Å². The average Bonchev–Trinajstić information content (AvgIpc) is 3.22. The Bertz CT molecular complexity index is 1270. The molecule has 1 amide bonds. The van der Waals surface area contributed by atoms with Crippen molar-refractivity contribution >= 4 is 11.6 Å². The van der Waals surface area contributed by atoms with Crippen molar-refractivity contribution in [1.29, 1.82) is 0 Å². The number of nitrogens with zero attached hydrogens (tertiary/aromatic N) is 5. The molecule has 7 heteroatoms. The number of aryl methyl sites for hydroxylation is 1. The number of rotatable bonds is 3. The molecule has 1 aliphatic heterocycles. The Morgan fingerprint density at radius 2 is 1.94 bits per heavy atom. The number of fused-ring (bicyclic) bond motifs is 1. The molecule has 4 aromatic rings. The Balaban J connectivity index is 1.39. The Morgan fingerprint density at radius 1 is 1.06 bits per heavy atom. The van der Waals surface area contributed by atoms with Gasteiger partial charge in [-0.15, -0.1) is 0 Å². The van der Waals surface area contributed by atoms with E-state index < -0.39 is 0 Å². The third-order valence-corrected chi connectivity index (χ3v) is 5.69. The molecular formula is C24H22FN5O. The predicted octanol–water partition coefficient (Wildman–Crippen LogP) is 4.26. The summed E-state index contributed by atoms with van der Waals surface area (Å²) >= 11 is 0. The molecule has 156 valence electrons. The number of piperidine rings is 1. The number of amides is 1. The zero-order valence-electron chi connectivity index (χ0n) is 17.2. The largest absolute Gasteiger partial charge is 0.337 e. The van der Waals surface area contributed by atoms with Gasteiger partial charge in [0.25, 0.3) is 5.91 Å². The second-order valence-electron chi connectivity index (χ2n) is 7.96. The van der Waals surface area contributed by atoms with E-state index in [2.05, 4.69) is 10.1 Å². The summed E-state index contributed by atoms with van der Waals surface area (Å²) in [6.45, 7) is 3.17. The highest BCUT2D eigenvalue weighted by Gasteiger charge is 2.28. The maximum absolute atomic E-state index is 13.6. The van der Waals surface area contributed by atoms with E-state index in [4.69, 9.17) is 4.98 Å². The van der Waals surface area contributed by atoms with Crippen molar-refractivity contribution in [3.63, 3.8) is 0 Å². The molecule has 31 heavy (non-hydrogen) atoms. The molecule has 0 bridgehead atoms. The van der Waals surface area contributed by atoms with Crippen molar-refractivity contribution in [2.75, 3.05) is 13.1 Å². The highest BCUT2D eigenvalue weighted by molar-refractivity contribution is 5.92. The van der Waals surface area contributed by atoms with Crippen LogP contribution in [0.25, 0.3) is 16.8 Å². The lowest BCUT2D eigenvalue weighted by atomic mass is 9.97. The first-order valence-electron chi connectivity index (χ1n) is 10.4. The normalized spacial score (nSPS) is 16.6. The van der Waals surface area contributed by atoms with Crippen LogP contribution in [0, 0.1) is 12.7 Å². The summed E-state index contributed by atoms with van der Waals surface area (Å²) in [4.78, 5) is 23.8. The molecule has 4 heterocycles. The SMILES string of the molecule is Cc1cccc(C(=O)N2CCC[C@@H](c3nc4ccc(-c5cccc(F)c5)cn4n3)C2)n1. The lowest BCUT2D eigenvalue weighted by Gasteiger charge is -2.31. The molecule has 1 aromatic carbocycles. The van der Waals surface area contributed by atoms with Crippen LogP contribution in [0.2, 0.25) is 0 Å². The fraction of sp³-hybridized carbons (Fsp3) is 0.250. The van der Waals surface area contributed by atoms with Crippen molar-refractivity contribution in [3.05, 3.63) is 83.8 Å². The smallest absolute Gasteiger partial charge is 0.272 e. The number of carbonyl (C=O) groups is 1. The first-order valence-corrected chi connectivity index (χ1v) is 10.4. The van der Waals surface area contributed by atoms with Gasteiger partial charge < -0.3 is 4.90 Å². The monoisotopic (exact) mass is 415 g/mol. The summed E-state index contributed by atoms with van der Waals surface area (Å²) < 4.78 is 15.3. The minimum Gasteiger partial charge on any atom is -0.337 e. The summed E-state index contributed by atoms with van der Waals surface area (Å²) in [5.74, 6) is 0.476. The highest BCUT2D eigenvalue weighted by atomic mass is 19.1. The molecule has 5 rings (SSSR count). The van der Waals surface area contributed by atoms with Crippen LogP contribution in [-0.4, -0.2) is 43.5 Å². The summed E-state index contributed by atoms with van der Waals surface area (Å²) in [6.07, 6.45) is 3.69. The number of pyridine rings is 2. The van der Waals surface area contributed by atoms with Crippen LogP contribution in [0.1, 0.15) is 40.8 Å². The fourth-order valence-corrected chi connectivity index (χ4v) is 4.11. The van der Waals surface area contributed by atoms with Gasteiger partial charge in [-0.05, 0) is 61.7 Å². The third kappa shape index (κ3) is 3.91. The molecule has 3 aromatic heterocycles. The molecule has 1 aliphatic rings. The molecule has 1 fully saturated rings. The maximum Gasteiger partial charge on any atom is 0.272 e. The first kappa shape index (κ1) is 19.4. The quantitative estimate of drug-likeness (QED) is 0.502. The third-order valence-electron chi connectivity index (χ3n) is 5.69. The van der Waals surface area contributed by atoms with Crippen molar-refractivity contribution < 1.29 is 9.18 Å². The van der Waals surface area contributed by atoms with Crippen molar-refractivity contribution in [1.82, 2.24) is 24.5 Å². The van der Waals surface area contributed by atoms with Crippen LogP contribution in [0.3, 0.4) is 0 Å². The van der Waals surface area contributed by atoms with E-state index >= 15 is 0 Å². The van der Waals surface area contributed by atoms with Crippen molar-refractivity contribution in [2.45, 2.75) is 25.7 Å². The molecule has 1 atom stereocenters. The van der Waals surface area contributed by atoms with Gasteiger partial charge in [0.2, 0.25) is 0 Å². The minimum atomic E-state index is -0.271. The summed E-state index contributed by atoms with van der Waals surface area (Å²) in [7, 11) is 0. The number of aromatic nitrogens is 4. The zero-order chi connectivity index (χ0) is 21.4. The van der Waals surface area contributed by atoms with Gasteiger partial charge in [-0.1, -0.05) is 18.2 Å². The summed E-state index contributed by atoms with van der Waals surface area (Å²) in [5.41, 5.74) is 3.70. The molecular weight excluding hydrogens is 393 g/mol. The Kier molecular flexibility index (Phi) is 4.94. The van der Waals surface area contributed by atoms with Gasteiger partial charge >= 0.3 is 0 Å². The second-order valence-corrected chi connectivity index (χ2v) is 7.96. The molecule has 1 saturated heterocycles. The Labute approximate surface area is 179 Å². The Hall–Kier alpha value is -3.61. The maximum atomic E-state index is 13.6. The van der Waals surface area contributed by atoms with Gasteiger partial charge in [-0.3, -0.25) is 4.79 Å². The zero-order valence-corrected chi connectivity index (χ0v) is 17.2. The molecule has 0 N–H and O–H groups in total. The number of hydrogen-bond donors (Lipinski definition) is 0. The number of hydrogen-bond acceptors (Lipinski definition) is 4. The van der Waals surface area contributed by atoms with Crippen LogP contribution in [0.4, 0.5) is 4.39 Å². The van der Waals surface area contributed by atoms with Gasteiger partial charge in [0.1, 0.15) is 11.5 Å². The lowest BCUT2D eigenvalue weighted by molar-refractivity contribution is 0.0698. The summed E-state index contributed by atoms with van der Waals surface area (Å²) in [5, 5.41) is 4.68. The predicted molar refractivity (Wildman–Crippen MR) is 115 cm³/mol. The van der Waals surface area contributed by atoms with E-state index in [1.807, 2.05) is 48.4 Å². The van der Waals surface area contributed by atoms with Crippen LogP contribution in [0.15, 0.2) is 60.8 Å². The number of likely N-dealkylation sites (tertiary alicyclic amines) is 1. The molecule has 0 saturated carbocycles. The number of carbonyl (C=O) groups excluding carboxylic acids is 1. The van der Waals surface area contributed by atoms with Gasteiger partial charge in [0.05, 0.1) is 0 Å².